The normalized spacial score (nSPS) is 22.1. The predicted molar refractivity (Wildman–Crippen MR) is 76.6 cm³/mol. The van der Waals surface area contributed by atoms with E-state index in [0.717, 1.165) is 0 Å². The van der Waals surface area contributed by atoms with Gasteiger partial charge in [-0.3, -0.25) is 9.59 Å². The van der Waals surface area contributed by atoms with Crippen molar-refractivity contribution in [2.75, 3.05) is 6.54 Å². The van der Waals surface area contributed by atoms with E-state index >= 15 is 0 Å². The molecule has 1 amide bonds. The summed E-state index contributed by atoms with van der Waals surface area (Å²) >= 11 is 5.92. The lowest BCUT2D eigenvalue weighted by molar-refractivity contribution is -0.148. The Hall–Kier alpha value is -1.62. The van der Waals surface area contributed by atoms with Gasteiger partial charge in [0.05, 0.1) is 12.3 Å². The van der Waals surface area contributed by atoms with E-state index in [1.54, 1.807) is 11.8 Å². The van der Waals surface area contributed by atoms with Gasteiger partial charge in [-0.1, -0.05) is 17.7 Å². The van der Waals surface area contributed by atoms with Crippen LogP contribution in [0.4, 0.5) is 4.39 Å². The van der Waals surface area contributed by atoms with Gasteiger partial charge in [-0.25, -0.2) is 4.39 Å². The van der Waals surface area contributed by atoms with Crippen LogP contribution >= 0.6 is 11.6 Å². The molecular formula is C15H17ClFNO3. The van der Waals surface area contributed by atoms with Crippen molar-refractivity contribution in [3.63, 3.8) is 0 Å². The molecule has 1 aliphatic heterocycles. The van der Waals surface area contributed by atoms with Crippen molar-refractivity contribution in [1.29, 1.82) is 0 Å². The molecule has 1 aliphatic rings. The van der Waals surface area contributed by atoms with E-state index in [1.165, 1.54) is 18.2 Å². The summed E-state index contributed by atoms with van der Waals surface area (Å²) in [5, 5.41) is 9.38. The van der Waals surface area contributed by atoms with Crippen LogP contribution in [0.2, 0.25) is 5.02 Å². The monoisotopic (exact) mass is 313 g/mol. The number of hydrogen-bond donors (Lipinski definition) is 1. The van der Waals surface area contributed by atoms with Crippen LogP contribution in [0.1, 0.15) is 25.3 Å². The Kier molecular flexibility index (Phi) is 4.83. The lowest BCUT2D eigenvalue weighted by Crippen LogP contribution is -2.49. The predicted octanol–water partition coefficient (Wildman–Crippen LogP) is 2.73. The molecule has 0 aromatic heterocycles. The highest BCUT2D eigenvalue weighted by molar-refractivity contribution is 6.31. The summed E-state index contributed by atoms with van der Waals surface area (Å²) in [6.45, 7) is 2.30. The smallest absolute Gasteiger partial charge is 0.308 e. The maximum Gasteiger partial charge on any atom is 0.308 e. The van der Waals surface area contributed by atoms with Crippen molar-refractivity contribution in [2.24, 2.45) is 5.92 Å². The molecule has 1 heterocycles. The number of hydrogen-bond acceptors (Lipinski definition) is 2. The number of halogens is 2. The molecule has 114 valence electrons. The van der Waals surface area contributed by atoms with Crippen molar-refractivity contribution < 1.29 is 19.1 Å². The summed E-state index contributed by atoms with van der Waals surface area (Å²) in [5.74, 6) is -2.04. The lowest BCUT2D eigenvalue weighted by Gasteiger charge is -2.37. The van der Waals surface area contributed by atoms with E-state index in [2.05, 4.69) is 0 Å². The van der Waals surface area contributed by atoms with Crippen molar-refractivity contribution in [2.45, 2.75) is 32.2 Å². The molecule has 0 spiro atoms. The minimum atomic E-state index is -0.875. The zero-order chi connectivity index (χ0) is 15.6. The molecule has 6 heteroatoms. The van der Waals surface area contributed by atoms with Crippen LogP contribution in [0.25, 0.3) is 0 Å². The molecule has 0 radical (unpaired) electrons. The number of nitrogens with zero attached hydrogens (tertiary/aromatic N) is 1. The van der Waals surface area contributed by atoms with Gasteiger partial charge in [0.1, 0.15) is 5.82 Å². The molecule has 0 bridgehead atoms. The second-order valence-corrected chi connectivity index (χ2v) is 5.73. The Bertz CT molecular complexity index is 564. The average Bonchev–Trinajstić information content (AvgIpc) is 2.41. The number of piperidine rings is 1. The number of aliphatic carboxylic acids is 1. The van der Waals surface area contributed by atoms with Crippen molar-refractivity contribution in [3.8, 4) is 0 Å². The van der Waals surface area contributed by atoms with E-state index in [4.69, 9.17) is 11.6 Å². The van der Waals surface area contributed by atoms with Gasteiger partial charge in [0.15, 0.2) is 0 Å². The molecule has 1 saturated heterocycles. The SMILES string of the molecule is C[C@@H]1[C@H](C(=O)O)CCCN1C(=O)Cc1ccc(F)cc1Cl. The first-order valence-corrected chi connectivity index (χ1v) is 7.24. The number of likely N-dealkylation sites (tertiary alicyclic amines) is 1. The Balaban J connectivity index is 2.10. The van der Waals surface area contributed by atoms with Gasteiger partial charge in [0.25, 0.3) is 0 Å². The lowest BCUT2D eigenvalue weighted by atomic mass is 9.90. The van der Waals surface area contributed by atoms with E-state index in [9.17, 15) is 19.1 Å². The highest BCUT2D eigenvalue weighted by Gasteiger charge is 2.35. The fourth-order valence-electron chi connectivity index (χ4n) is 2.75. The fourth-order valence-corrected chi connectivity index (χ4v) is 2.99. The quantitative estimate of drug-likeness (QED) is 0.933. The molecule has 1 aromatic rings. The third-order valence-corrected chi connectivity index (χ3v) is 4.33. The van der Waals surface area contributed by atoms with Crippen LogP contribution in [-0.4, -0.2) is 34.5 Å². The minimum Gasteiger partial charge on any atom is -0.481 e. The van der Waals surface area contributed by atoms with E-state index in [1.807, 2.05) is 0 Å². The number of amides is 1. The zero-order valence-corrected chi connectivity index (χ0v) is 12.4. The van der Waals surface area contributed by atoms with Gasteiger partial charge in [-0.2, -0.15) is 0 Å². The molecular weight excluding hydrogens is 297 g/mol. The summed E-state index contributed by atoms with van der Waals surface area (Å²) < 4.78 is 13.0. The molecule has 2 rings (SSSR count). The maximum atomic E-state index is 13.0. The van der Waals surface area contributed by atoms with Crippen molar-refractivity contribution in [1.82, 2.24) is 4.90 Å². The van der Waals surface area contributed by atoms with Crippen LogP contribution in [0.15, 0.2) is 18.2 Å². The Morgan fingerprint density at radius 1 is 1.48 bits per heavy atom. The largest absolute Gasteiger partial charge is 0.481 e. The molecule has 0 aliphatic carbocycles. The minimum absolute atomic E-state index is 0.0514. The zero-order valence-electron chi connectivity index (χ0n) is 11.7. The van der Waals surface area contributed by atoms with Gasteiger partial charge in [0, 0.05) is 17.6 Å². The van der Waals surface area contributed by atoms with Gasteiger partial charge in [-0.05, 0) is 37.5 Å². The van der Waals surface area contributed by atoms with Crippen LogP contribution in [0, 0.1) is 11.7 Å². The average molecular weight is 314 g/mol. The molecule has 1 N–H and O–H groups in total. The summed E-state index contributed by atoms with van der Waals surface area (Å²) in [7, 11) is 0. The van der Waals surface area contributed by atoms with Gasteiger partial charge >= 0.3 is 5.97 Å². The first-order chi connectivity index (χ1) is 9.90. The molecule has 0 saturated carbocycles. The number of rotatable bonds is 3. The fraction of sp³-hybridized carbons (Fsp3) is 0.467. The van der Waals surface area contributed by atoms with Gasteiger partial charge in [0.2, 0.25) is 5.91 Å². The van der Waals surface area contributed by atoms with E-state index in [0.29, 0.717) is 24.9 Å². The summed E-state index contributed by atoms with van der Waals surface area (Å²) in [6.07, 6.45) is 1.30. The molecule has 21 heavy (non-hydrogen) atoms. The molecule has 1 fully saturated rings. The molecule has 1 aromatic carbocycles. The Morgan fingerprint density at radius 2 is 2.19 bits per heavy atom. The Morgan fingerprint density at radius 3 is 2.81 bits per heavy atom. The number of carboxylic acid groups (broad SMARTS) is 1. The van der Waals surface area contributed by atoms with E-state index in [-0.39, 0.29) is 23.4 Å². The highest BCUT2D eigenvalue weighted by atomic mass is 35.5. The van der Waals surface area contributed by atoms with Crippen LogP contribution in [-0.2, 0) is 16.0 Å². The summed E-state index contributed by atoms with van der Waals surface area (Å²) in [5.41, 5.74) is 0.549. The molecule has 0 unspecified atom stereocenters. The maximum absolute atomic E-state index is 13.0. The molecule has 4 nitrogen and oxygen atoms in total. The molecule has 2 atom stereocenters. The third kappa shape index (κ3) is 3.53. The topological polar surface area (TPSA) is 57.6 Å². The number of benzene rings is 1. The standard InChI is InChI=1S/C15H17ClFNO3/c1-9-12(15(20)21)3-2-6-18(9)14(19)7-10-4-5-11(17)8-13(10)16/h4-5,8-9,12H,2-3,6-7H2,1H3,(H,20,21)/t9-,12-/m1/s1. The number of carboxylic acids is 1. The van der Waals surface area contributed by atoms with Crippen LogP contribution < -0.4 is 0 Å². The van der Waals surface area contributed by atoms with Gasteiger partial charge < -0.3 is 10.0 Å². The third-order valence-electron chi connectivity index (χ3n) is 3.98. The van der Waals surface area contributed by atoms with Crippen molar-refractivity contribution >= 4 is 23.5 Å². The number of carbonyl (C=O) groups is 2. The van der Waals surface area contributed by atoms with Crippen LogP contribution in [0.5, 0.6) is 0 Å². The Labute approximate surface area is 127 Å². The van der Waals surface area contributed by atoms with Crippen molar-refractivity contribution in [3.05, 3.63) is 34.6 Å². The second kappa shape index (κ2) is 6.43. The van der Waals surface area contributed by atoms with Gasteiger partial charge in [-0.15, -0.1) is 0 Å². The summed E-state index contributed by atoms with van der Waals surface area (Å²) in [6, 6.07) is 3.57. The van der Waals surface area contributed by atoms with E-state index < -0.39 is 17.7 Å². The van der Waals surface area contributed by atoms with Crippen LogP contribution in [0.3, 0.4) is 0 Å². The highest BCUT2D eigenvalue weighted by Crippen LogP contribution is 2.25. The summed E-state index contributed by atoms with van der Waals surface area (Å²) in [4.78, 5) is 25.1. The second-order valence-electron chi connectivity index (χ2n) is 5.33. The first-order valence-electron chi connectivity index (χ1n) is 6.86. The number of carbonyl (C=O) groups excluding carboxylic acids is 1. The first kappa shape index (κ1) is 15.8.